The number of nitrogens with zero attached hydrogens (tertiary/aromatic N) is 2. The summed E-state index contributed by atoms with van der Waals surface area (Å²) in [5, 5.41) is 8.91. The highest BCUT2D eigenvalue weighted by Crippen LogP contribution is 2.18. The number of carboxylic acids is 1. The number of aromatic carboxylic acids is 1. The van der Waals surface area contributed by atoms with Crippen LogP contribution in [0.1, 0.15) is 23.2 Å². The molecule has 0 atom stereocenters. The highest BCUT2D eigenvalue weighted by Gasteiger charge is 2.13. The van der Waals surface area contributed by atoms with Crippen molar-refractivity contribution in [3.05, 3.63) is 29.8 Å². The van der Waals surface area contributed by atoms with E-state index in [0.717, 1.165) is 30.9 Å². The van der Waals surface area contributed by atoms with Gasteiger partial charge in [0.15, 0.2) is 0 Å². The van der Waals surface area contributed by atoms with E-state index in [9.17, 15) is 4.79 Å². The number of carbonyl (C=O) groups is 1. The Bertz CT molecular complexity index is 440. The molecular formula is C12H14N2O2. The fourth-order valence-corrected chi connectivity index (χ4v) is 1.79. The Morgan fingerprint density at radius 2 is 2.31 bits per heavy atom. The van der Waals surface area contributed by atoms with Gasteiger partial charge in [0.05, 0.1) is 5.56 Å². The molecule has 0 fully saturated rings. The van der Waals surface area contributed by atoms with Gasteiger partial charge >= 0.3 is 5.97 Å². The Morgan fingerprint density at radius 1 is 1.50 bits per heavy atom. The molecule has 0 amide bonds. The number of amidine groups is 1. The maximum atomic E-state index is 10.8. The van der Waals surface area contributed by atoms with Crippen LogP contribution in [0.15, 0.2) is 29.3 Å². The second-order valence-corrected chi connectivity index (χ2v) is 3.82. The molecule has 1 heterocycles. The molecule has 0 aliphatic carbocycles. The van der Waals surface area contributed by atoms with Gasteiger partial charge in [-0.1, -0.05) is 6.07 Å². The standard InChI is InChI=1S/C12H14N2O2/c1-14(11-6-3-7-13-11)10-5-2-4-9(8-10)12(15)16/h2,4-5,8H,3,6-7H2,1H3,(H,15,16). The Balaban J connectivity index is 2.26. The molecule has 2 rings (SSSR count). The lowest BCUT2D eigenvalue weighted by Gasteiger charge is -2.19. The molecule has 0 unspecified atom stereocenters. The Morgan fingerprint density at radius 3 is 2.94 bits per heavy atom. The highest BCUT2D eigenvalue weighted by molar-refractivity contribution is 5.99. The zero-order chi connectivity index (χ0) is 11.5. The van der Waals surface area contributed by atoms with E-state index in [1.807, 2.05) is 18.0 Å². The lowest BCUT2D eigenvalue weighted by molar-refractivity contribution is 0.0697. The summed E-state index contributed by atoms with van der Waals surface area (Å²) in [4.78, 5) is 17.2. The Kier molecular flexibility index (Phi) is 2.90. The van der Waals surface area contributed by atoms with Crippen molar-refractivity contribution in [2.75, 3.05) is 18.5 Å². The molecule has 0 saturated carbocycles. The van der Waals surface area contributed by atoms with Crippen LogP contribution in [0, 0.1) is 0 Å². The summed E-state index contributed by atoms with van der Waals surface area (Å²) in [7, 11) is 1.92. The third-order valence-corrected chi connectivity index (χ3v) is 2.72. The summed E-state index contributed by atoms with van der Waals surface area (Å²) in [6.07, 6.45) is 2.05. The topological polar surface area (TPSA) is 52.9 Å². The number of hydrogen-bond donors (Lipinski definition) is 1. The maximum Gasteiger partial charge on any atom is 0.335 e. The first-order valence-electron chi connectivity index (χ1n) is 5.29. The van der Waals surface area contributed by atoms with E-state index < -0.39 is 5.97 Å². The second kappa shape index (κ2) is 4.35. The number of hydrogen-bond acceptors (Lipinski definition) is 3. The predicted molar refractivity (Wildman–Crippen MR) is 63.3 cm³/mol. The monoisotopic (exact) mass is 218 g/mol. The van der Waals surface area contributed by atoms with Gasteiger partial charge in [0.1, 0.15) is 5.84 Å². The molecule has 0 aromatic heterocycles. The van der Waals surface area contributed by atoms with Crippen LogP contribution in [0.3, 0.4) is 0 Å². The van der Waals surface area contributed by atoms with Gasteiger partial charge < -0.3 is 10.0 Å². The van der Waals surface area contributed by atoms with Gasteiger partial charge in [0, 0.05) is 25.7 Å². The van der Waals surface area contributed by atoms with Crippen molar-refractivity contribution >= 4 is 17.5 Å². The Labute approximate surface area is 94.2 Å². The average molecular weight is 218 g/mol. The lowest BCUT2D eigenvalue weighted by atomic mass is 10.2. The molecular weight excluding hydrogens is 204 g/mol. The van der Waals surface area contributed by atoms with Gasteiger partial charge in [-0.05, 0) is 24.6 Å². The summed E-state index contributed by atoms with van der Waals surface area (Å²) in [5.74, 6) is 0.131. The summed E-state index contributed by atoms with van der Waals surface area (Å²) >= 11 is 0. The molecule has 1 aliphatic heterocycles. The van der Waals surface area contributed by atoms with Gasteiger partial charge in [-0.25, -0.2) is 4.79 Å². The smallest absolute Gasteiger partial charge is 0.335 e. The number of anilines is 1. The highest BCUT2D eigenvalue weighted by atomic mass is 16.4. The van der Waals surface area contributed by atoms with Crippen LogP contribution in [0.4, 0.5) is 5.69 Å². The van der Waals surface area contributed by atoms with Crippen LogP contribution < -0.4 is 4.90 Å². The molecule has 1 N–H and O–H groups in total. The largest absolute Gasteiger partial charge is 0.478 e. The number of rotatable bonds is 2. The van der Waals surface area contributed by atoms with Crippen molar-refractivity contribution in [3.8, 4) is 0 Å². The molecule has 0 spiro atoms. The van der Waals surface area contributed by atoms with Crippen LogP contribution in [0.2, 0.25) is 0 Å². The average Bonchev–Trinajstić information content (AvgIpc) is 2.81. The van der Waals surface area contributed by atoms with Gasteiger partial charge in [0.2, 0.25) is 0 Å². The van der Waals surface area contributed by atoms with E-state index in [2.05, 4.69) is 4.99 Å². The molecule has 0 saturated heterocycles. The molecule has 0 radical (unpaired) electrons. The van der Waals surface area contributed by atoms with Crippen LogP contribution in [-0.4, -0.2) is 30.5 Å². The van der Waals surface area contributed by atoms with Crippen LogP contribution in [-0.2, 0) is 0 Å². The lowest BCUT2D eigenvalue weighted by Crippen LogP contribution is -2.24. The fourth-order valence-electron chi connectivity index (χ4n) is 1.79. The number of carboxylic acid groups (broad SMARTS) is 1. The summed E-state index contributed by atoms with van der Waals surface area (Å²) in [6, 6.07) is 6.91. The molecule has 16 heavy (non-hydrogen) atoms. The van der Waals surface area contributed by atoms with E-state index in [0.29, 0.717) is 5.56 Å². The predicted octanol–water partition coefficient (Wildman–Crippen LogP) is 2.01. The van der Waals surface area contributed by atoms with E-state index in [-0.39, 0.29) is 0 Å². The second-order valence-electron chi connectivity index (χ2n) is 3.82. The van der Waals surface area contributed by atoms with Crippen molar-refractivity contribution in [1.82, 2.24) is 0 Å². The van der Waals surface area contributed by atoms with Crippen LogP contribution in [0.25, 0.3) is 0 Å². The quantitative estimate of drug-likeness (QED) is 0.826. The van der Waals surface area contributed by atoms with E-state index in [4.69, 9.17) is 5.11 Å². The first-order valence-corrected chi connectivity index (χ1v) is 5.29. The van der Waals surface area contributed by atoms with Crippen LogP contribution in [0.5, 0.6) is 0 Å². The van der Waals surface area contributed by atoms with Crippen molar-refractivity contribution in [2.45, 2.75) is 12.8 Å². The zero-order valence-corrected chi connectivity index (χ0v) is 9.18. The summed E-state index contributed by atoms with van der Waals surface area (Å²) in [5.41, 5.74) is 1.18. The molecule has 0 bridgehead atoms. The molecule has 1 aromatic rings. The van der Waals surface area contributed by atoms with E-state index in [1.54, 1.807) is 18.2 Å². The first kappa shape index (κ1) is 10.7. The minimum absolute atomic E-state index is 0.308. The molecule has 84 valence electrons. The van der Waals surface area contributed by atoms with Crippen molar-refractivity contribution in [2.24, 2.45) is 4.99 Å². The van der Waals surface area contributed by atoms with E-state index in [1.165, 1.54) is 0 Å². The van der Waals surface area contributed by atoms with Gasteiger partial charge in [-0.3, -0.25) is 4.99 Å². The first-order chi connectivity index (χ1) is 7.68. The zero-order valence-electron chi connectivity index (χ0n) is 9.18. The molecule has 4 nitrogen and oxygen atoms in total. The van der Waals surface area contributed by atoms with Gasteiger partial charge in [-0.2, -0.15) is 0 Å². The number of aliphatic imine (C=N–C) groups is 1. The van der Waals surface area contributed by atoms with E-state index >= 15 is 0 Å². The molecule has 1 aliphatic rings. The molecule has 1 aromatic carbocycles. The normalized spacial score (nSPS) is 14.7. The number of benzene rings is 1. The fraction of sp³-hybridized carbons (Fsp3) is 0.333. The van der Waals surface area contributed by atoms with Gasteiger partial charge in [0.25, 0.3) is 0 Å². The summed E-state index contributed by atoms with van der Waals surface area (Å²) in [6.45, 7) is 0.873. The van der Waals surface area contributed by atoms with Crippen molar-refractivity contribution in [3.63, 3.8) is 0 Å². The Hall–Kier alpha value is -1.84. The minimum atomic E-state index is -0.899. The van der Waals surface area contributed by atoms with Crippen molar-refractivity contribution in [1.29, 1.82) is 0 Å². The SMILES string of the molecule is CN(C1=NCCC1)c1cccc(C(=O)O)c1. The van der Waals surface area contributed by atoms with Crippen LogP contribution >= 0.6 is 0 Å². The molecule has 4 heteroatoms. The maximum absolute atomic E-state index is 10.8. The minimum Gasteiger partial charge on any atom is -0.478 e. The third kappa shape index (κ3) is 2.05. The summed E-state index contributed by atoms with van der Waals surface area (Å²) < 4.78 is 0. The van der Waals surface area contributed by atoms with Gasteiger partial charge in [-0.15, -0.1) is 0 Å². The third-order valence-electron chi connectivity index (χ3n) is 2.72. The van der Waals surface area contributed by atoms with Crippen molar-refractivity contribution < 1.29 is 9.90 Å².